The van der Waals surface area contributed by atoms with Crippen LogP contribution >= 0.6 is 0 Å². The molecule has 0 atom stereocenters. The van der Waals surface area contributed by atoms with Crippen molar-refractivity contribution in [3.63, 3.8) is 0 Å². The van der Waals surface area contributed by atoms with Gasteiger partial charge in [0.2, 0.25) is 5.91 Å². The Balaban J connectivity index is 1.60. The highest BCUT2D eigenvalue weighted by Gasteiger charge is 2.29. The molecule has 6 heteroatoms. The second-order valence-corrected chi connectivity index (χ2v) is 6.92. The molecule has 0 spiro atoms. The average molecular weight is 367 g/mol. The summed E-state index contributed by atoms with van der Waals surface area (Å²) in [7, 11) is 0. The SMILES string of the molecule is CCc1ccc(O)c(C(=O)N2CCC(C(=O)Nc3cccc(C)n3)CC2)c1. The lowest BCUT2D eigenvalue weighted by Crippen LogP contribution is -2.41. The second-order valence-electron chi connectivity index (χ2n) is 6.92. The summed E-state index contributed by atoms with van der Waals surface area (Å²) in [6.45, 7) is 4.87. The van der Waals surface area contributed by atoms with Gasteiger partial charge in [0.25, 0.3) is 5.91 Å². The lowest BCUT2D eigenvalue weighted by atomic mass is 9.95. The van der Waals surface area contributed by atoms with Crippen molar-refractivity contribution < 1.29 is 14.7 Å². The number of anilines is 1. The zero-order valence-corrected chi connectivity index (χ0v) is 15.7. The maximum absolute atomic E-state index is 12.7. The average Bonchev–Trinajstić information content (AvgIpc) is 2.68. The number of hydrogen-bond acceptors (Lipinski definition) is 4. The molecule has 2 amide bonds. The van der Waals surface area contributed by atoms with Crippen molar-refractivity contribution in [2.45, 2.75) is 33.1 Å². The van der Waals surface area contributed by atoms with Crippen LogP contribution in [0.5, 0.6) is 5.75 Å². The van der Waals surface area contributed by atoms with Gasteiger partial charge in [0.1, 0.15) is 11.6 Å². The van der Waals surface area contributed by atoms with Crippen LogP contribution in [0, 0.1) is 12.8 Å². The summed E-state index contributed by atoms with van der Waals surface area (Å²) in [6.07, 6.45) is 1.99. The summed E-state index contributed by atoms with van der Waals surface area (Å²) in [5, 5.41) is 12.9. The number of likely N-dealkylation sites (tertiary alicyclic amines) is 1. The molecule has 1 aromatic carbocycles. The highest BCUT2D eigenvalue weighted by Crippen LogP contribution is 2.25. The molecule has 0 unspecified atom stereocenters. The number of aromatic nitrogens is 1. The minimum absolute atomic E-state index is 0.00240. The van der Waals surface area contributed by atoms with Gasteiger partial charge in [-0.3, -0.25) is 9.59 Å². The van der Waals surface area contributed by atoms with Crippen LogP contribution in [0.25, 0.3) is 0 Å². The molecule has 2 aromatic rings. The van der Waals surface area contributed by atoms with Crippen LogP contribution in [0.15, 0.2) is 36.4 Å². The summed E-state index contributed by atoms with van der Waals surface area (Å²) in [5.74, 6) is 0.173. The fourth-order valence-corrected chi connectivity index (χ4v) is 3.33. The number of piperidine rings is 1. The van der Waals surface area contributed by atoms with Gasteiger partial charge in [-0.05, 0) is 56.0 Å². The number of phenolic OH excluding ortho intramolecular Hbond substituents is 1. The molecule has 0 radical (unpaired) electrons. The molecule has 1 aromatic heterocycles. The van der Waals surface area contributed by atoms with Gasteiger partial charge in [0.15, 0.2) is 0 Å². The molecule has 0 bridgehead atoms. The van der Waals surface area contributed by atoms with E-state index in [1.807, 2.05) is 32.0 Å². The van der Waals surface area contributed by atoms with Gasteiger partial charge in [-0.15, -0.1) is 0 Å². The molecular weight excluding hydrogens is 342 g/mol. The Morgan fingerprint density at radius 1 is 1.22 bits per heavy atom. The lowest BCUT2D eigenvalue weighted by Gasteiger charge is -2.31. The summed E-state index contributed by atoms with van der Waals surface area (Å²) in [6, 6.07) is 10.6. The maximum atomic E-state index is 12.7. The smallest absolute Gasteiger partial charge is 0.257 e. The Kier molecular flexibility index (Phi) is 5.74. The number of carbonyl (C=O) groups is 2. The summed E-state index contributed by atoms with van der Waals surface area (Å²) >= 11 is 0. The molecule has 3 rings (SSSR count). The number of aryl methyl sites for hydroxylation is 2. The quantitative estimate of drug-likeness (QED) is 0.870. The molecule has 2 N–H and O–H groups in total. The van der Waals surface area contributed by atoms with Crippen LogP contribution < -0.4 is 5.32 Å². The number of nitrogens with zero attached hydrogens (tertiary/aromatic N) is 2. The number of nitrogens with one attached hydrogen (secondary N) is 1. The van der Waals surface area contributed by atoms with E-state index in [0.29, 0.717) is 37.3 Å². The van der Waals surface area contributed by atoms with Crippen molar-refractivity contribution >= 4 is 17.6 Å². The Labute approximate surface area is 159 Å². The molecule has 1 aliphatic heterocycles. The van der Waals surface area contributed by atoms with E-state index >= 15 is 0 Å². The van der Waals surface area contributed by atoms with Crippen molar-refractivity contribution in [1.82, 2.24) is 9.88 Å². The van der Waals surface area contributed by atoms with Gasteiger partial charge in [-0.2, -0.15) is 0 Å². The Hall–Kier alpha value is -2.89. The molecule has 1 aliphatic rings. The fraction of sp³-hybridized carbons (Fsp3) is 0.381. The van der Waals surface area contributed by atoms with E-state index in [1.165, 1.54) is 0 Å². The first-order valence-corrected chi connectivity index (χ1v) is 9.33. The molecule has 142 valence electrons. The van der Waals surface area contributed by atoms with Gasteiger partial charge < -0.3 is 15.3 Å². The van der Waals surface area contributed by atoms with E-state index in [4.69, 9.17) is 0 Å². The summed E-state index contributed by atoms with van der Waals surface area (Å²) in [4.78, 5) is 31.2. The second kappa shape index (κ2) is 8.20. The predicted molar refractivity (Wildman–Crippen MR) is 104 cm³/mol. The van der Waals surface area contributed by atoms with E-state index in [9.17, 15) is 14.7 Å². The molecule has 27 heavy (non-hydrogen) atoms. The number of amides is 2. The van der Waals surface area contributed by atoms with Crippen molar-refractivity contribution in [2.75, 3.05) is 18.4 Å². The first kappa shape index (κ1) is 18.9. The maximum Gasteiger partial charge on any atom is 0.257 e. The highest BCUT2D eigenvalue weighted by atomic mass is 16.3. The third-order valence-electron chi connectivity index (χ3n) is 4.99. The molecular formula is C21H25N3O3. The molecule has 1 saturated heterocycles. The molecule has 2 heterocycles. The highest BCUT2D eigenvalue weighted by molar-refractivity contribution is 5.97. The minimum Gasteiger partial charge on any atom is -0.507 e. The van der Waals surface area contributed by atoms with Crippen molar-refractivity contribution in [3.05, 3.63) is 53.2 Å². The van der Waals surface area contributed by atoms with Gasteiger partial charge in [0.05, 0.1) is 5.56 Å². The van der Waals surface area contributed by atoms with Crippen LogP contribution in [0.1, 0.15) is 41.4 Å². The van der Waals surface area contributed by atoms with E-state index in [2.05, 4.69) is 10.3 Å². The standard InChI is InChI=1S/C21H25N3O3/c1-3-15-7-8-18(25)17(13-15)21(27)24-11-9-16(10-12-24)20(26)23-19-6-4-5-14(2)22-19/h4-8,13,16,25H,3,9-12H2,1-2H3,(H,22,23,26). The van der Waals surface area contributed by atoms with Gasteiger partial charge >= 0.3 is 0 Å². The zero-order chi connectivity index (χ0) is 19.4. The Morgan fingerprint density at radius 2 is 1.96 bits per heavy atom. The largest absolute Gasteiger partial charge is 0.507 e. The monoisotopic (exact) mass is 367 g/mol. The summed E-state index contributed by atoms with van der Waals surface area (Å²) < 4.78 is 0. The van der Waals surface area contributed by atoms with Crippen molar-refractivity contribution in [3.8, 4) is 5.75 Å². The fourth-order valence-electron chi connectivity index (χ4n) is 3.33. The number of pyridine rings is 1. The van der Waals surface area contributed by atoms with Crippen LogP contribution in [0.2, 0.25) is 0 Å². The van der Waals surface area contributed by atoms with E-state index < -0.39 is 0 Å². The molecule has 0 aliphatic carbocycles. The van der Waals surface area contributed by atoms with E-state index in [0.717, 1.165) is 17.7 Å². The number of phenols is 1. The number of hydrogen-bond donors (Lipinski definition) is 2. The predicted octanol–water partition coefficient (Wildman–Crippen LogP) is 3.15. The van der Waals surface area contributed by atoms with Crippen molar-refractivity contribution in [1.29, 1.82) is 0 Å². The summed E-state index contributed by atoms with van der Waals surface area (Å²) in [5.41, 5.74) is 2.19. The Bertz CT molecular complexity index is 842. The van der Waals surface area contributed by atoms with E-state index in [-0.39, 0.29) is 23.5 Å². The Morgan fingerprint density at radius 3 is 2.63 bits per heavy atom. The van der Waals surface area contributed by atoms with Crippen molar-refractivity contribution in [2.24, 2.45) is 5.92 Å². The third kappa shape index (κ3) is 4.45. The molecule has 0 saturated carbocycles. The van der Waals surface area contributed by atoms with Gasteiger partial charge in [0, 0.05) is 24.7 Å². The van der Waals surface area contributed by atoms with Crippen LogP contribution in [0.3, 0.4) is 0 Å². The number of aromatic hydroxyl groups is 1. The molecule has 6 nitrogen and oxygen atoms in total. The van der Waals surface area contributed by atoms with Crippen LogP contribution in [-0.4, -0.2) is 39.9 Å². The molecule has 1 fully saturated rings. The van der Waals surface area contributed by atoms with Gasteiger partial charge in [-0.1, -0.05) is 19.1 Å². The van der Waals surface area contributed by atoms with Crippen LogP contribution in [0.4, 0.5) is 5.82 Å². The first-order valence-electron chi connectivity index (χ1n) is 9.33. The van der Waals surface area contributed by atoms with Crippen LogP contribution in [-0.2, 0) is 11.2 Å². The number of carbonyl (C=O) groups excluding carboxylic acids is 2. The normalized spacial score (nSPS) is 14.8. The van der Waals surface area contributed by atoms with E-state index in [1.54, 1.807) is 23.1 Å². The first-order chi connectivity index (χ1) is 13.0. The number of benzene rings is 1. The minimum atomic E-state index is -0.179. The lowest BCUT2D eigenvalue weighted by molar-refractivity contribution is -0.121. The van der Waals surface area contributed by atoms with Gasteiger partial charge in [-0.25, -0.2) is 4.98 Å². The number of rotatable bonds is 4. The topological polar surface area (TPSA) is 82.5 Å². The zero-order valence-electron chi connectivity index (χ0n) is 15.7. The third-order valence-corrected chi connectivity index (χ3v) is 4.99.